The van der Waals surface area contributed by atoms with Gasteiger partial charge in [0, 0.05) is 12.3 Å². The van der Waals surface area contributed by atoms with Crippen LogP contribution in [0.2, 0.25) is 0 Å². The van der Waals surface area contributed by atoms with Crippen LogP contribution < -0.4 is 5.73 Å². The van der Waals surface area contributed by atoms with Gasteiger partial charge in [-0.1, -0.05) is 19.8 Å². The smallest absolute Gasteiger partial charge is 0.150 e. The van der Waals surface area contributed by atoms with E-state index in [1.54, 1.807) is 0 Å². The molecule has 0 heterocycles. The number of hydrogen-bond acceptors (Lipinski definition) is 3. The molecule has 1 aliphatic rings. The summed E-state index contributed by atoms with van der Waals surface area (Å²) < 4.78 is 23.1. The Hall–Kier alpha value is -0.0900. The molecule has 3 nitrogen and oxygen atoms in total. The van der Waals surface area contributed by atoms with Crippen LogP contribution in [0.5, 0.6) is 0 Å². The first kappa shape index (κ1) is 14.0. The van der Waals surface area contributed by atoms with E-state index < -0.39 is 9.84 Å². The van der Waals surface area contributed by atoms with Crippen LogP contribution in [0.1, 0.15) is 46.0 Å². The average molecular weight is 247 g/mol. The van der Waals surface area contributed by atoms with Crippen molar-refractivity contribution in [2.24, 2.45) is 17.6 Å². The number of rotatable bonds is 4. The first-order valence-electron chi connectivity index (χ1n) is 6.25. The molecule has 0 aromatic rings. The molecule has 4 unspecified atom stereocenters. The topological polar surface area (TPSA) is 60.2 Å². The van der Waals surface area contributed by atoms with E-state index in [0.717, 1.165) is 25.7 Å². The summed E-state index contributed by atoms with van der Waals surface area (Å²) in [4.78, 5) is 0. The van der Waals surface area contributed by atoms with E-state index in [1.807, 2.05) is 6.92 Å². The van der Waals surface area contributed by atoms with Crippen molar-refractivity contribution < 1.29 is 8.42 Å². The Morgan fingerprint density at radius 2 is 1.94 bits per heavy atom. The Morgan fingerprint density at radius 1 is 1.31 bits per heavy atom. The van der Waals surface area contributed by atoms with Crippen LogP contribution in [-0.2, 0) is 9.84 Å². The van der Waals surface area contributed by atoms with Crippen LogP contribution >= 0.6 is 0 Å². The first-order chi connectivity index (χ1) is 7.30. The van der Waals surface area contributed by atoms with E-state index in [0.29, 0.717) is 11.8 Å². The lowest BCUT2D eigenvalue weighted by atomic mass is 9.78. The highest BCUT2D eigenvalue weighted by Crippen LogP contribution is 2.34. The number of nitrogens with two attached hydrogens (primary N) is 1. The molecule has 96 valence electrons. The van der Waals surface area contributed by atoms with E-state index in [-0.39, 0.29) is 11.3 Å². The van der Waals surface area contributed by atoms with Gasteiger partial charge in [-0.3, -0.25) is 0 Å². The Balaban J connectivity index is 2.57. The second kappa shape index (κ2) is 5.50. The molecule has 2 N–H and O–H groups in total. The zero-order valence-corrected chi connectivity index (χ0v) is 11.5. The molecule has 0 saturated heterocycles. The zero-order chi connectivity index (χ0) is 12.3. The fourth-order valence-electron chi connectivity index (χ4n) is 2.87. The lowest BCUT2D eigenvalue weighted by Gasteiger charge is -2.32. The Labute approximate surface area is 99.7 Å². The molecular formula is C12H25NO2S. The SMILES string of the molecule is CC(N)CC(C)C1CCCC(S(C)(=O)=O)C1. The predicted octanol–water partition coefficient (Wildman–Crippen LogP) is 1.96. The lowest BCUT2D eigenvalue weighted by Crippen LogP contribution is -2.32. The highest BCUT2D eigenvalue weighted by molar-refractivity contribution is 7.91. The summed E-state index contributed by atoms with van der Waals surface area (Å²) in [5.41, 5.74) is 5.80. The molecule has 16 heavy (non-hydrogen) atoms. The molecule has 0 amide bonds. The van der Waals surface area contributed by atoms with Gasteiger partial charge in [-0.15, -0.1) is 0 Å². The lowest BCUT2D eigenvalue weighted by molar-refractivity contribution is 0.245. The van der Waals surface area contributed by atoms with Crippen molar-refractivity contribution in [3.8, 4) is 0 Å². The van der Waals surface area contributed by atoms with E-state index >= 15 is 0 Å². The number of sulfone groups is 1. The van der Waals surface area contributed by atoms with Gasteiger partial charge in [0.1, 0.15) is 9.84 Å². The van der Waals surface area contributed by atoms with Crippen molar-refractivity contribution in [3.05, 3.63) is 0 Å². The second-order valence-electron chi connectivity index (χ2n) is 5.57. The Bertz CT molecular complexity index is 311. The molecule has 4 heteroatoms. The van der Waals surface area contributed by atoms with Crippen LogP contribution in [0.15, 0.2) is 0 Å². The van der Waals surface area contributed by atoms with E-state index in [4.69, 9.17) is 5.73 Å². The molecule has 0 radical (unpaired) electrons. The molecule has 1 fully saturated rings. The first-order valence-corrected chi connectivity index (χ1v) is 8.20. The highest BCUT2D eigenvalue weighted by Gasteiger charge is 2.31. The van der Waals surface area contributed by atoms with Crippen LogP contribution in [-0.4, -0.2) is 26.0 Å². The summed E-state index contributed by atoms with van der Waals surface area (Å²) in [7, 11) is -2.85. The molecule has 1 rings (SSSR count). The maximum atomic E-state index is 11.6. The third-order valence-corrected chi connectivity index (χ3v) is 5.46. The summed E-state index contributed by atoms with van der Waals surface area (Å²) >= 11 is 0. The van der Waals surface area contributed by atoms with Gasteiger partial charge in [0.2, 0.25) is 0 Å². The van der Waals surface area contributed by atoms with Crippen LogP contribution in [0, 0.1) is 11.8 Å². The minimum absolute atomic E-state index is 0.109. The van der Waals surface area contributed by atoms with E-state index in [1.165, 1.54) is 12.7 Å². The monoisotopic (exact) mass is 247 g/mol. The van der Waals surface area contributed by atoms with Gasteiger partial charge < -0.3 is 5.73 Å². The van der Waals surface area contributed by atoms with Crippen molar-refractivity contribution in [1.82, 2.24) is 0 Å². The molecule has 1 aliphatic carbocycles. The average Bonchev–Trinajstić information content (AvgIpc) is 2.15. The minimum Gasteiger partial charge on any atom is -0.328 e. The number of hydrogen-bond donors (Lipinski definition) is 1. The van der Waals surface area contributed by atoms with Crippen molar-refractivity contribution in [2.45, 2.75) is 57.2 Å². The maximum Gasteiger partial charge on any atom is 0.150 e. The van der Waals surface area contributed by atoms with Gasteiger partial charge in [0.25, 0.3) is 0 Å². The zero-order valence-electron chi connectivity index (χ0n) is 10.6. The third kappa shape index (κ3) is 4.06. The Kier molecular flexibility index (Phi) is 4.80. The minimum atomic E-state index is -2.85. The largest absolute Gasteiger partial charge is 0.328 e. The van der Waals surface area contributed by atoms with Gasteiger partial charge in [0.05, 0.1) is 5.25 Å². The quantitative estimate of drug-likeness (QED) is 0.826. The van der Waals surface area contributed by atoms with Crippen molar-refractivity contribution in [2.75, 3.05) is 6.26 Å². The maximum absolute atomic E-state index is 11.6. The summed E-state index contributed by atoms with van der Waals surface area (Å²) in [6.07, 6.45) is 6.27. The van der Waals surface area contributed by atoms with Crippen LogP contribution in [0.4, 0.5) is 0 Å². The standard InChI is InChI=1S/C12H25NO2S/c1-9(7-10(2)13)11-5-4-6-12(8-11)16(3,14)15/h9-12H,4-8,13H2,1-3H3. The highest BCUT2D eigenvalue weighted by atomic mass is 32.2. The van der Waals surface area contributed by atoms with E-state index in [9.17, 15) is 8.42 Å². The third-order valence-electron chi connectivity index (χ3n) is 3.82. The molecular weight excluding hydrogens is 222 g/mol. The fraction of sp³-hybridized carbons (Fsp3) is 1.00. The molecule has 0 spiro atoms. The van der Waals surface area contributed by atoms with Crippen molar-refractivity contribution in [3.63, 3.8) is 0 Å². The van der Waals surface area contributed by atoms with Gasteiger partial charge in [0.15, 0.2) is 0 Å². The van der Waals surface area contributed by atoms with E-state index in [2.05, 4.69) is 6.92 Å². The molecule has 4 atom stereocenters. The fourth-order valence-corrected chi connectivity index (χ4v) is 4.06. The molecule has 0 bridgehead atoms. The summed E-state index contributed by atoms with van der Waals surface area (Å²) in [5.74, 6) is 1.09. The summed E-state index contributed by atoms with van der Waals surface area (Å²) in [6, 6.07) is 0.216. The van der Waals surface area contributed by atoms with Gasteiger partial charge >= 0.3 is 0 Å². The van der Waals surface area contributed by atoms with Crippen molar-refractivity contribution in [1.29, 1.82) is 0 Å². The molecule has 1 saturated carbocycles. The Morgan fingerprint density at radius 3 is 2.44 bits per heavy atom. The van der Waals surface area contributed by atoms with Crippen LogP contribution in [0.25, 0.3) is 0 Å². The van der Waals surface area contributed by atoms with Crippen molar-refractivity contribution >= 4 is 9.84 Å². The molecule has 0 aromatic carbocycles. The van der Waals surface area contributed by atoms with Gasteiger partial charge in [-0.2, -0.15) is 0 Å². The second-order valence-corrected chi connectivity index (χ2v) is 7.89. The van der Waals surface area contributed by atoms with Gasteiger partial charge in [-0.25, -0.2) is 8.42 Å². The normalized spacial score (nSPS) is 31.0. The van der Waals surface area contributed by atoms with Gasteiger partial charge in [-0.05, 0) is 38.0 Å². The summed E-state index contributed by atoms with van der Waals surface area (Å²) in [5, 5.41) is -0.109. The summed E-state index contributed by atoms with van der Waals surface area (Å²) in [6.45, 7) is 4.23. The molecule has 0 aliphatic heterocycles. The van der Waals surface area contributed by atoms with Crippen LogP contribution in [0.3, 0.4) is 0 Å². The predicted molar refractivity (Wildman–Crippen MR) is 68.0 cm³/mol. The molecule has 0 aromatic heterocycles.